The fraction of sp³-hybridized carbons (Fsp3) is 0.0435. The number of carbonyl (C=O) groups is 1. The molecule has 4 aromatic rings. The molecule has 0 unspecified atom stereocenters. The second kappa shape index (κ2) is 8.71. The van der Waals surface area contributed by atoms with Crippen LogP contribution >= 0.6 is 11.6 Å². The van der Waals surface area contributed by atoms with Crippen molar-refractivity contribution in [1.29, 1.82) is 0 Å². The van der Waals surface area contributed by atoms with Gasteiger partial charge in [0, 0.05) is 18.0 Å². The third-order valence-electron chi connectivity index (χ3n) is 4.45. The molecule has 1 amide bonds. The number of carbonyl (C=O) groups excluding carboxylic acids is 1. The first kappa shape index (κ1) is 19.5. The quantitative estimate of drug-likeness (QED) is 0.346. The molecule has 2 aromatic carbocycles. The van der Waals surface area contributed by atoms with E-state index in [4.69, 9.17) is 20.8 Å². The second-order valence-electron chi connectivity index (χ2n) is 6.36. The van der Waals surface area contributed by atoms with Crippen LogP contribution in [0.15, 0.2) is 88.6 Å². The van der Waals surface area contributed by atoms with Gasteiger partial charge in [-0.3, -0.25) is 4.79 Å². The van der Waals surface area contributed by atoms with Crippen LogP contribution in [0.1, 0.15) is 16.1 Å². The van der Waals surface area contributed by atoms with Gasteiger partial charge in [-0.25, -0.2) is 5.43 Å². The number of halogens is 1. The maximum atomic E-state index is 12.6. The lowest BCUT2D eigenvalue weighted by Gasteiger charge is -2.08. The van der Waals surface area contributed by atoms with E-state index >= 15 is 0 Å². The van der Waals surface area contributed by atoms with Gasteiger partial charge in [0.15, 0.2) is 0 Å². The fourth-order valence-electron chi connectivity index (χ4n) is 3.00. The Hall–Kier alpha value is -3.77. The Morgan fingerprint density at radius 1 is 1.10 bits per heavy atom. The molecular weight excluding hydrogens is 402 g/mol. The molecule has 4 rings (SSSR count). The van der Waals surface area contributed by atoms with Gasteiger partial charge in [-0.2, -0.15) is 5.10 Å². The number of methoxy groups -OCH3 is 1. The summed E-state index contributed by atoms with van der Waals surface area (Å²) in [6, 6.07) is 20.1. The Labute approximate surface area is 178 Å². The third kappa shape index (κ3) is 4.14. The number of rotatable bonds is 6. The highest BCUT2D eigenvalue weighted by Gasteiger charge is 2.11. The second-order valence-corrected chi connectivity index (χ2v) is 6.77. The lowest BCUT2D eigenvalue weighted by molar-refractivity contribution is 0.0955. The van der Waals surface area contributed by atoms with Gasteiger partial charge in [-0.1, -0.05) is 23.7 Å². The number of nitrogens with one attached hydrogen (secondary N) is 1. The Balaban J connectivity index is 1.46. The summed E-state index contributed by atoms with van der Waals surface area (Å²) in [6.07, 6.45) is 5.21. The van der Waals surface area contributed by atoms with Crippen LogP contribution in [0.4, 0.5) is 0 Å². The van der Waals surface area contributed by atoms with Crippen molar-refractivity contribution >= 4 is 23.7 Å². The summed E-state index contributed by atoms with van der Waals surface area (Å²) in [7, 11) is 1.56. The zero-order valence-corrected chi connectivity index (χ0v) is 16.8. The van der Waals surface area contributed by atoms with Crippen molar-refractivity contribution in [2.45, 2.75) is 0 Å². The number of nitrogens with zero attached hydrogens (tertiary/aromatic N) is 2. The molecule has 0 saturated heterocycles. The van der Waals surface area contributed by atoms with Crippen LogP contribution in [0.3, 0.4) is 0 Å². The van der Waals surface area contributed by atoms with Crippen molar-refractivity contribution < 1.29 is 13.9 Å². The molecule has 0 aliphatic heterocycles. The van der Waals surface area contributed by atoms with Crippen LogP contribution in [0.5, 0.6) is 5.75 Å². The van der Waals surface area contributed by atoms with E-state index < -0.39 is 0 Å². The standard InChI is InChI=1S/C23H18ClN3O3/c1-29-22-10-8-16(14-19(22)24)21-11-9-17(30-21)15-25-26-23(28)18-6-2-3-7-20(18)27-12-4-5-13-27/h2-15H,1H3,(H,26,28)/b25-15+. The van der Waals surface area contributed by atoms with Crippen LogP contribution in [-0.2, 0) is 0 Å². The molecule has 0 saturated carbocycles. The first-order valence-corrected chi connectivity index (χ1v) is 9.53. The molecule has 0 aliphatic carbocycles. The van der Waals surface area contributed by atoms with Crippen molar-refractivity contribution in [3.63, 3.8) is 0 Å². The molecule has 0 radical (unpaired) electrons. The Kier molecular flexibility index (Phi) is 5.68. The molecule has 0 atom stereocenters. The SMILES string of the molecule is COc1ccc(-c2ccc(/C=N/NC(=O)c3ccccc3-n3cccc3)o2)cc1Cl. The van der Waals surface area contributed by atoms with E-state index in [1.165, 1.54) is 6.21 Å². The van der Waals surface area contributed by atoms with Crippen molar-refractivity contribution in [3.8, 4) is 22.8 Å². The van der Waals surface area contributed by atoms with Crippen molar-refractivity contribution in [1.82, 2.24) is 9.99 Å². The number of para-hydroxylation sites is 1. The first-order valence-electron chi connectivity index (χ1n) is 9.15. The Morgan fingerprint density at radius 3 is 2.67 bits per heavy atom. The lowest BCUT2D eigenvalue weighted by atomic mass is 10.1. The summed E-state index contributed by atoms with van der Waals surface area (Å²) in [5.74, 6) is 1.40. The van der Waals surface area contributed by atoms with Crippen LogP contribution in [0, 0.1) is 0 Å². The summed E-state index contributed by atoms with van der Waals surface area (Å²) < 4.78 is 12.8. The maximum absolute atomic E-state index is 12.6. The number of furan rings is 1. The molecule has 2 aromatic heterocycles. The van der Waals surface area contributed by atoms with Crippen LogP contribution in [-0.4, -0.2) is 23.8 Å². The summed E-state index contributed by atoms with van der Waals surface area (Å²) >= 11 is 6.17. The average molecular weight is 420 g/mol. The highest BCUT2D eigenvalue weighted by molar-refractivity contribution is 6.32. The minimum absolute atomic E-state index is 0.315. The molecule has 7 heteroatoms. The normalized spacial score (nSPS) is 11.0. The largest absolute Gasteiger partial charge is 0.495 e. The molecule has 0 bridgehead atoms. The summed E-state index contributed by atoms with van der Waals surface area (Å²) in [4.78, 5) is 12.6. The fourth-order valence-corrected chi connectivity index (χ4v) is 3.26. The number of hydrazone groups is 1. The van der Waals surface area contributed by atoms with Gasteiger partial charge >= 0.3 is 0 Å². The number of benzene rings is 2. The topological polar surface area (TPSA) is 68.8 Å². The smallest absolute Gasteiger partial charge is 0.273 e. The minimum Gasteiger partial charge on any atom is -0.495 e. The van der Waals surface area contributed by atoms with Gasteiger partial charge in [-0.05, 0) is 54.6 Å². The van der Waals surface area contributed by atoms with Crippen LogP contribution < -0.4 is 10.2 Å². The highest BCUT2D eigenvalue weighted by Crippen LogP contribution is 2.30. The van der Waals surface area contributed by atoms with Gasteiger partial charge in [0.2, 0.25) is 0 Å². The third-order valence-corrected chi connectivity index (χ3v) is 4.75. The van der Waals surface area contributed by atoms with E-state index in [1.807, 2.05) is 59.4 Å². The van der Waals surface area contributed by atoms with Gasteiger partial charge in [-0.15, -0.1) is 0 Å². The van der Waals surface area contributed by atoms with Crippen molar-refractivity contribution in [2.75, 3.05) is 7.11 Å². The first-order chi connectivity index (χ1) is 14.7. The number of hydrogen-bond acceptors (Lipinski definition) is 4. The van der Waals surface area contributed by atoms with E-state index in [-0.39, 0.29) is 5.91 Å². The molecule has 6 nitrogen and oxygen atoms in total. The van der Waals surface area contributed by atoms with E-state index in [0.29, 0.717) is 27.9 Å². The average Bonchev–Trinajstić information content (AvgIpc) is 3.46. The zero-order valence-electron chi connectivity index (χ0n) is 16.1. The lowest BCUT2D eigenvalue weighted by Crippen LogP contribution is -2.19. The predicted molar refractivity (Wildman–Crippen MR) is 117 cm³/mol. The molecule has 0 aliphatic rings. The van der Waals surface area contributed by atoms with Gasteiger partial charge in [0.25, 0.3) is 5.91 Å². The zero-order chi connectivity index (χ0) is 20.9. The van der Waals surface area contributed by atoms with Crippen LogP contribution in [0.2, 0.25) is 5.02 Å². The highest BCUT2D eigenvalue weighted by atomic mass is 35.5. The minimum atomic E-state index is -0.315. The molecule has 1 N–H and O–H groups in total. The van der Waals surface area contributed by atoms with Gasteiger partial charge in [0.05, 0.1) is 29.6 Å². The Morgan fingerprint density at radius 2 is 1.90 bits per heavy atom. The van der Waals surface area contributed by atoms with E-state index in [2.05, 4.69) is 10.5 Å². The molecular formula is C23H18ClN3O3. The number of amides is 1. The van der Waals surface area contributed by atoms with E-state index in [0.717, 1.165) is 11.3 Å². The van der Waals surface area contributed by atoms with Crippen molar-refractivity contribution in [2.24, 2.45) is 5.10 Å². The molecule has 2 heterocycles. The van der Waals surface area contributed by atoms with E-state index in [9.17, 15) is 4.79 Å². The summed E-state index contributed by atoms with van der Waals surface area (Å²) in [5.41, 5.74) is 4.64. The molecule has 150 valence electrons. The van der Waals surface area contributed by atoms with Crippen molar-refractivity contribution in [3.05, 3.63) is 95.5 Å². The molecule has 0 fully saturated rings. The maximum Gasteiger partial charge on any atom is 0.273 e. The number of aromatic nitrogens is 1. The molecule has 30 heavy (non-hydrogen) atoms. The molecule has 0 spiro atoms. The Bertz CT molecular complexity index is 1200. The number of ether oxygens (including phenoxy) is 1. The van der Waals surface area contributed by atoms with Gasteiger partial charge < -0.3 is 13.7 Å². The summed E-state index contributed by atoms with van der Waals surface area (Å²) in [5, 5.41) is 4.51. The number of hydrogen-bond donors (Lipinski definition) is 1. The summed E-state index contributed by atoms with van der Waals surface area (Å²) in [6.45, 7) is 0. The monoisotopic (exact) mass is 419 g/mol. The van der Waals surface area contributed by atoms with Gasteiger partial charge in [0.1, 0.15) is 17.3 Å². The van der Waals surface area contributed by atoms with E-state index in [1.54, 1.807) is 31.4 Å². The predicted octanol–water partition coefficient (Wildman–Crippen LogP) is 5.16. The van der Waals surface area contributed by atoms with Crippen LogP contribution in [0.25, 0.3) is 17.0 Å².